The number of halogens is 1. The predicted octanol–water partition coefficient (Wildman–Crippen LogP) is 2.97. The van der Waals surface area contributed by atoms with Crippen LogP contribution >= 0.6 is 11.6 Å². The number of benzene rings is 1. The van der Waals surface area contributed by atoms with Crippen molar-refractivity contribution in [2.24, 2.45) is 7.05 Å². The molecule has 0 amide bonds. The van der Waals surface area contributed by atoms with E-state index >= 15 is 0 Å². The minimum atomic E-state index is 0.280. The van der Waals surface area contributed by atoms with Crippen LogP contribution in [0.15, 0.2) is 36.7 Å². The summed E-state index contributed by atoms with van der Waals surface area (Å²) < 4.78 is 1.83. The van der Waals surface area contributed by atoms with Crippen molar-refractivity contribution in [1.29, 1.82) is 0 Å². The van der Waals surface area contributed by atoms with Crippen LogP contribution in [0.25, 0.3) is 0 Å². The van der Waals surface area contributed by atoms with Gasteiger partial charge in [-0.3, -0.25) is 4.68 Å². The topological polar surface area (TPSA) is 29.9 Å². The third kappa shape index (κ3) is 3.34. The molecule has 0 bridgehead atoms. The summed E-state index contributed by atoms with van der Waals surface area (Å²) in [6, 6.07) is 8.29. The van der Waals surface area contributed by atoms with Gasteiger partial charge < -0.3 is 5.32 Å². The van der Waals surface area contributed by atoms with Crippen LogP contribution in [0, 0.1) is 0 Å². The van der Waals surface area contributed by atoms with Gasteiger partial charge in [-0.2, -0.15) is 5.10 Å². The summed E-state index contributed by atoms with van der Waals surface area (Å²) in [7, 11) is 1.94. The van der Waals surface area contributed by atoms with Gasteiger partial charge in [0.25, 0.3) is 0 Å². The first kappa shape index (κ1) is 13.1. The summed E-state index contributed by atoms with van der Waals surface area (Å²) >= 11 is 6.02. The van der Waals surface area contributed by atoms with E-state index in [2.05, 4.69) is 29.6 Å². The van der Waals surface area contributed by atoms with Crippen molar-refractivity contribution >= 4 is 11.6 Å². The molecule has 0 fully saturated rings. The van der Waals surface area contributed by atoms with E-state index in [1.165, 1.54) is 11.1 Å². The van der Waals surface area contributed by atoms with Crippen molar-refractivity contribution in [3.05, 3.63) is 52.8 Å². The molecule has 1 unspecified atom stereocenters. The van der Waals surface area contributed by atoms with E-state index in [-0.39, 0.29) is 6.04 Å². The molecule has 0 saturated heterocycles. The molecule has 0 aliphatic heterocycles. The van der Waals surface area contributed by atoms with Gasteiger partial charge in [-0.1, -0.05) is 30.7 Å². The second-order valence-electron chi connectivity index (χ2n) is 4.39. The quantitative estimate of drug-likeness (QED) is 0.899. The van der Waals surface area contributed by atoms with Crippen LogP contribution in [-0.4, -0.2) is 16.3 Å². The molecule has 0 aliphatic rings. The van der Waals surface area contributed by atoms with Crippen LogP contribution < -0.4 is 5.32 Å². The lowest BCUT2D eigenvalue weighted by Crippen LogP contribution is -2.22. The highest BCUT2D eigenvalue weighted by Gasteiger charge is 2.12. The van der Waals surface area contributed by atoms with E-state index in [1.54, 1.807) is 0 Å². The van der Waals surface area contributed by atoms with Crippen molar-refractivity contribution in [3.8, 4) is 0 Å². The molecule has 3 nitrogen and oxygen atoms in total. The molecule has 2 rings (SSSR count). The van der Waals surface area contributed by atoms with E-state index in [1.807, 2.05) is 36.1 Å². The SMILES string of the molecule is CCNC(Cc1cccc(Cl)c1)c1cnn(C)c1. The Morgan fingerprint density at radius 2 is 2.28 bits per heavy atom. The van der Waals surface area contributed by atoms with Crippen LogP contribution in [0.2, 0.25) is 5.02 Å². The molecule has 96 valence electrons. The molecule has 0 spiro atoms. The first-order valence-corrected chi connectivity index (χ1v) is 6.53. The lowest BCUT2D eigenvalue weighted by Gasteiger charge is -2.16. The maximum absolute atomic E-state index is 6.02. The Morgan fingerprint density at radius 3 is 2.89 bits per heavy atom. The Labute approximate surface area is 113 Å². The Balaban J connectivity index is 2.16. The molecule has 0 saturated carbocycles. The summed E-state index contributed by atoms with van der Waals surface area (Å²) in [6.07, 6.45) is 4.88. The minimum absolute atomic E-state index is 0.280. The van der Waals surface area contributed by atoms with Crippen molar-refractivity contribution in [1.82, 2.24) is 15.1 Å². The number of aryl methyl sites for hydroxylation is 1. The number of hydrogen-bond acceptors (Lipinski definition) is 2. The molecule has 18 heavy (non-hydrogen) atoms. The molecule has 1 atom stereocenters. The molecule has 2 aromatic rings. The highest BCUT2D eigenvalue weighted by Crippen LogP contribution is 2.20. The third-order valence-corrected chi connectivity index (χ3v) is 3.14. The van der Waals surface area contributed by atoms with Gasteiger partial charge in [0.2, 0.25) is 0 Å². The van der Waals surface area contributed by atoms with E-state index in [0.717, 1.165) is 18.0 Å². The summed E-state index contributed by atoms with van der Waals surface area (Å²) in [4.78, 5) is 0. The van der Waals surface area contributed by atoms with Crippen LogP contribution in [-0.2, 0) is 13.5 Å². The Bertz CT molecular complexity index is 507. The normalized spacial score (nSPS) is 12.6. The number of hydrogen-bond donors (Lipinski definition) is 1. The van der Waals surface area contributed by atoms with Crippen molar-refractivity contribution < 1.29 is 0 Å². The van der Waals surface area contributed by atoms with Crippen LogP contribution in [0.3, 0.4) is 0 Å². The fraction of sp³-hybridized carbons (Fsp3) is 0.357. The second-order valence-corrected chi connectivity index (χ2v) is 4.83. The van der Waals surface area contributed by atoms with Crippen LogP contribution in [0.4, 0.5) is 0 Å². The first-order chi connectivity index (χ1) is 8.69. The summed E-state index contributed by atoms with van der Waals surface area (Å²) in [6.45, 7) is 3.04. The monoisotopic (exact) mass is 263 g/mol. The maximum Gasteiger partial charge on any atom is 0.0537 e. The predicted molar refractivity (Wildman–Crippen MR) is 74.8 cm³/mol. The molecule has 4 heteroatoms. The van der Waals surface area contributed by atoms with E-state index in [0.29, 0.717) is 0 Å². The fourth-order valence-corrected chi connectivity index (χ4v) is 2.29. The molecule has 0 radical (unpaired) electrons. The maximum atomic E-state index is 6.02. The first-order valence-electron chi connectivity index (χ1n) is 6.15. The number of aromatic nitrogens is 2. The average molecular weight is 264 g/mol. The highest BCUT2D eigenvalue weighted by molar-refractivity contribution is 6.30. The molecule has 1 aromatic carbocycles. The van der Waals surface area contributed by atoms with Gasteiger partial charge in [0, 0.05) is 29.9 Å². The number of likely N-dealkylation sites (N-methyl/N-ethyl adjacent to an activating group) is 1. The second kappa shape index (κ2) is 6.03. The molecular weight excluding hydrogens is 246 g/mol. The van der Waals surface area contributed by atoms with Gasteiger partial charge in [0.1, 0.15) is 0 Å². The van der Waals surface area contributed by atoms with Crippen molar-refractivity contribution in [2.45, 2.75) is 19.4 Å². The molecule has 0 aliphatic carbocycles. The summed E-state index contributed by atoms with van der Waals surface area (Å²) in [5, 5.41) is 8.50. The molecular formula is C14H18ClN3. The van der Waals surface area contributed by atoms with Gasteiger partial charge >= 0.3 is 0 Å². The van der Waals surface area contributed by atoms with Gasteiger partial charge in [0.05, 0.1) is 6.20 Å². The number of rotatable bonds is 5. The number of nitrogens with one attached hydrogen (secondary N) is 1. The van der Waals surface area contributed by atoms with E-state index in [4.69, 9.17) is 11.6 Å². The zero-order chi connectivity index (χ0) is 13.0. The number of nitrogens with zero attached hydrogens (tertiary/aromatic N) is 2. The smallest absolute Gasteiger partial charge is 0.0537 e. The molecule has 1 heterocycles. The minimum Gasteiger partial charge on any atom is -0.310 e. The Kier molecular flexibility index (Phi) is 4.39. The zero-order valence-electron chi connectivity index (χ0n) is 10.7. The Morgan fingerprint density at radius 1 is 1.44 bits per heavy atom. The molecule has 1 N–H and O–H groups in total. The van der Waals surface area contributed by atoms with Gasteiger partial charge in [-0.05, 0) is 30.7 Å². The average Bonchev–Trinajstić information content (AvgIpc) is 2.75. The standard InChI is InChI=1S/C14H18ClN3/c1-3-16-14(12-9-17-18(2)10-12)8-11-5-4-6-13(15)7-11/h4-7,9-10,14,16H,3,8H2,1-2H3. The van der Waals surface area contributed by atoms with Crippen molar-refractivity contribution in [2.75, 3.05) is 6.54 Å². The Hall–Kier alpha value is -1.32. The third-order valence-electron chi connectivity index (χ3n) is 2.91. The van der Waals surface area contributed by atoms with E-state index < -0.39 is 0 Å². The van der Waals surface area contributed by atoms with E-state index in [9.17, 15) is 0 Å². The van der Waals surface area contributed by atoms with Crippen LogP contribution in [0.5, 0.6) is 0 Å². The summed E-state index contributed by atoms with van der Waals surface area (Å²) in [5.74, 6) is 0. The molecule has 1 aromatic heterocycles. The van der Waals surface area contributed by atoms with Gasteiger partial charge in [0.15, 0.2) is 0 Å². The van der Waals surface area contributed by atoms with Gasteiger partial charge in [-0.25, -0.2) is 0 Å². The van der Waals surface area contributed by atoms with Gasteiger partial charge in [-0.15, -0.1) is 0 Å². The highest BCUT2D eigenvalue weighted by atomic mass is 35.5. The lowest BCUT2D eigenvalue weighted by atomic mass is 10.0. The van der Waals surface area contributed by atoms with Crippen LogP contribution in [0.1, 0.15) is 24.1 Å². The summed E-state index contributed by atoms with van der Waals surface area (Å²) in [5.41, 5.74) is 2.44. The van der Waals surface area contributed by atoms with Crippen molar-refractivity contribution in [3.63, 3.8) is 0 Å². The fourth-order valence-electron chi connectivity index (χ4n) is 2.07. The zero-order valence-corrected chi connectivity index (χ0v) is 11.5. The lowest BCUT2D eigenvalue weighted by molar-refractivity contribution is 0.549. The largest absolute Gasteiger partial charge is 0.310 e.